The molecule has 1 aliphatic heterocycles. The van der Waals surface area contributed by atoms with Crippen LogP contribution in [0.3, 0.4) is 0 Å². The molecule has 0 aromatic heterocycles. The lowest BCUT2D eigenvalue weighted by atomic mass is 10.1. The number of nitrogens with one attached hydrogen (secondary N) is 2. The average Bonchev–Trinajstić information content (AvgIpc) is 3.00. The van der Waals surface area contributed by atoms with E-state index >= 15 is 0 Å². The first-order chi connectivity index (χ1) is 10.7. The first kappa shape index (κ1) is 15.1. The molecule has 2 N–H and O–H groups in total. The fourth-order valence-electron chi connectivity index (χ4n) is 2.49. The Morgan fingerprint density at radius 1 is 1.14 bits per heavy atom. The van der Waals surface area contributed by atoms with Crippen LogP contribution in [0.4, 0.5) is 0 Å². The van der Waals surface area contributed by atoms with Gasteiger partial charge in [-0.1, -0.05) is 35.9 Å². The molecule has 0 bridgehead atoms. The SMILES string of the molecule is Cc1ccc(SCC(=O)NCc2ccc3c(c2)CNC3)cc1. The van der Waals surface area contributed by atoms with E-state index in [1.165, 1.54) is 16.7 Å². The van der Waals surface area contributed by atoms with E-state index in [2.05, 4.69) is 60.0 Å². The van der Waals surface area contributed by atoms with Crippen molar-refractivity contribution in [1.82, 2.24) is 10.6 Å². The number of hydrogen-bond acceptors (Lipinski definition) is 3. The Balaban J connectivity index is 1.47. The molecule has 4 heteroatoms. The van der Waals surface area contributed by atoms with E-state index in [9.17, 15) is 4.79 Å². The fraction of sp³-hybridized carbons (Fsp3) is 0.278. The van der Waals surface area contributed by atoms with Crippen LogP contribution >= 0.6 is 11.8 Å². The standard InChI is InChI=1S/C18H20N2OS/c1-13-2-6-17(7-3-13)22-12-18(21)20-9-14-4-5-15-10-19-11-16(15)8-14/h2-8,19H,9-12H2,1H3,(H,20,21). The summed E-state index contributed by atoms with van der Waals surface area (Å²) in [5.74, 6) is 0.527. The van der Waals surface area contributed by atoms with Crippen molar-refractivity contribution in [3.63, 3.8) is 0 Å². The summed E-state index contributed by atoms with van der Waals surface area (Å²) in [5.41, 5.74) is 5.11. The predicted octanol–water partition coefficient (Wildman–Crippen LogP) is 3.01. The highest BCUT2D eigenvalue weighted by atomic mass is 32.2. The molecule has 0 saturated carbocycles. The van der Waals surface area contributed by atoms with Crippen molar-refractivity contribution in [2.45, 2.75) is 31.5 Å². The second kappa shape index (κ2) is 6.99. The van der Waals surface area contributed by atoms with Gasteiger partial charge < -0.3 is 10.6 Å². The van der Waals surface area contributed by atoms with Crippen LogP contribution in [-0.2, 0) is 24.4 Å². The Morgan fingerprint density at radius 3 is 2.73 bits per heavy atom. The third-order valence-electron chi connectivity index (χ3n) is 3.78. The Morgan fingerprint density at radius 2 is 1.91 bits per heavy atom. The molecule has 0 aliphatic carbocycles. The van der Waals surface area contributed by atoms with E-state index in [0.29, 0.717) is 12.3 Å². The Kier molecular flexibility index (Phi) is 4.80. The van der Waals surface area contributed by atoms with Crippen LogP contribution in [0.2, 0.25) is 0 Å². The predicted molar refractivity (Wildman–Crippen MR) is 90.7 cm³/mol. The van der Waals surface area contributed by atoms with Gasteiger partial charge in [0, 0.05) is 24.5 Å². The molecule has 0 unspecified atom stereocenters. The number of carbonyl (C=O) groups is 1. The minimum atomic E-state index is 0.0733. The number of amides is 1. The van der Waals surface area contributed by atoms with Gasteiger partial charge in [0.1, 0.15) is 0 Å². The number of hydrogen-bond donors (Lipinski definition) is 2. The van der Waals surface area contributed by atoms with Crippen LogP contribution in [0.1, 0.15) is 22.3 Å². The van der Waals surface area contributed by atoms with Crippen molar-refractivity contribution >= 4 is 17.7 Å². The fourth-order valence-corrected chi connectivity index (χ4v) is 3.22. The summed E-state index contributed by atoms with van der Waals surface area (Å²) >= 11 is 1.57. The highest BCUT2D eigenvalue weighted by molar-refractivity contribution is 8.00. The largest absolute Gasteiger partial charge is 0.351 e. The molecule has 1 aliphatic rings. The molecule has 1 amide bonds. The molecule has 1 heterocycles. The summed E-state index contributed by atoms with van der Waals surface area (Å²) in [6, 6.07) is 14.7. The zero-order valence-electron chi connectivity index (χ0n) is 12.7. The van der Waals surface area contributed by atoms with Crippen LogP contribution in [-0.4, -0.2) is 11.7 Å². The van der Waals surface area contributed by atoms with Gasteiger partial charge in [0.05, 0.1) is 5.75 Å². The zero-order chi connectivity index (χ0) is 15.4. The van der Waals surface area contributed by atoms with Crippen molar-refractivity contribution < 1.29 is 4.79 Å². The molecule has 0 atom stereocenters. The van der Waals surface area contributed by atoms with Crippen LogP contribution < -0.4 is 10.6 Å². The Bertz CT molecular complexity index is 667. The van der Waals surface area contributed by atoms with Crippen LogP contribution in [0.5, 0.6) is 0 Å². The minimum absolute atomic E-state index is 0.0733. The van der Waals surface area contributed by atoms with Gasteiger partial charge in [-0.2, -0.15) is 0 Å². The van der Waals surface area contributed by atoms with Crippen LogP contribution in [0, 0.1) is 6.92 Å². The monoisotopic (exact) mass is 312 g/mol. The van der Waals surface area contributed by atoms with Crippen LogP contribution in [0.15, 0.2) is 47.4 Å². The van der Waals surface area contributed by atoms with Gasteiger partial charge in [-0.05, 0) is 35.7 Å². The third-order valence-corrected chi connectivity index (χ3v) is 4.79. The smallest absolute Gasteiger partial charge is 0.230 e. The summed E-state index contributed by atoms with van der Waals surface area (Å²) in [5, 5.41) is 6.32. The van der Waals surface area contributed by atoms with Gasteiger partial charge >= 0.3 is 0 Å². The molecule has 0 radical (unpaired) electrons. The second-order valence-corrected chi connectivity index (χ2v) is 6.63. The van der Waals surface area contributed by atoms with Crippen molar-refractivity contribution in [3.8, 4) is 0 Å². The van der Waals surface area contributed by atoms with Gasteiger partial charge in [0.2, 0.25) is 5.91 Å². The molecule has 2 aromatic rings. The Labute approximate surface area is 135 Å². The number of rotatable bonds is 5. The number of benzene rings is 2. The molecule has 0 spiro atoms. The molecular formula is C18H20N2OS. The number of thioether (sulfide) groups is 1. The van der Waals surface area contributed by atoms with Crippen molar-refractivity contribution in [2.75, 3.05) is 5.75 Å². The maximum absolute atomic E-state index is 11.9. The molecule has 3 rings (SSSR count). The van der Waals surface area contributed by atoms with Gasteiger partial charge in [-0.25, -0.2) is 0 Å². The molecule has 22 heavy (non-hydrogen) atoms. The lowest BCUT2D eigenvalue weighted by molar-refractivity contribution is -0.118. The first-order valence-electron chi connectivity index (χ1n) is 7.48. The maximum atomic E-state index is 11.9. The van der Waals surface area contributed by atoms with Crippen molar-refractivity contribution in [3.05, 3.63) is 64.7 Å². The minimum Gasteiger partial charge on any atom is -0.351 e. The number of fused-ring (bicyclic) bond motifs is 1. The quantitative estimate of drug-likeness (QED) is 0.834. The van der Waals surface area contributed by atoms with E-state index in [1.807, 2.05) is 0 Å². The normalized spacial score (nSPS) is 13.0. The van der Waals surface area contributed by atoms with E-state index in [-0.39, 0.29) is 5.91 Å². The lowest BCUT2D eigenvalue weighted by Gasteiger charge is -2.07. The molecule has 0 fully saturated rings. The highest BCUT2D eigenvalue weighted by Crippen LogP contribution is 2.19. The van der Waals surface area contributed by atoms with Gasteiger partial charge in [-0.3, -0.25) is 4.79 Å². The maximum Gasteiger partial charge on any atom is 0.230 e. The van der Waals surface area contributed by atoms with Crippen molar-refractivity contribution in [1.29, 1.82) is 0 Å². The lowest BCUT2D eigenvalue weighted by Crippen LogP contribution is -2.24. The average molecular weight is 312 g/mol. The van der Waals surface area contributed by atoms with E-state index < -0.39 is 0 Å². The molecule has 3 nitrogen and oxygen atoms in total. The van der Waals surface area contributed by atoms with E-state index in [1.54, 1.807) is 11.8 Å². The number of carbonyl (C=O) groups excluding carboxylic acids is 1. The zero-order valence-corrected chi connectivity index (χ0v) is 13.5. The molecule has 2 aromatic carbocycles. The summed E-state index contributed by atoms with van der Waals surface area (Å²) in [6.45, 7) is 4.55. The first-order valence-corrected chi connectivity index (χ1v) is 8.47. The van der Waals surface area contributed by atoms with Gasteiger partial charge in [-0.15, -0.1) is 11.8 Å². The summed E-state index contributed by atoms with van der Waals surface area (Å²) < 4.78 is 0. The summed E-state index contributed by atoms with van der Waals surface area (Å²) in [4.78, 5) is 13.1. The second-order valence-electron chi connectivity index (χ2n) is 5.59. The van der Waals surface area contributed by atoms with Gasteiger partial charge in [0.25, 0.3) is 0 Å². The molecular weight excluding hydrogens is 292 g/mol. The molecule has 0 saturated heterocycles. The Hall–Kier alpha value is -1.78. The summed E-state index contributed by atoms with van der Waals surface area (Å²) in [6.07, 6.45) is 0. The number of aryl methyl sites for hydroxylation is 1. The topological polar surface area (TPSA) is 41.1 Å². The third kappa shape index (κ3) is 3.90. The van der Waals surface area contributed by atoms with Gasteiger partial charge in [0.15, 0.2) is 0 Å². The van der Waals surface area contributed by atoms with Crippen LogP contribution in [0.25, 0.3) is 0 Å². The van der Waals surface area contributed by atoms with E-state index in [0.717, 1.165) is 23.5 Å². The van der Waals surface area contributed by atoms with Crippen molar-refractivity contribution in [2.24, 2.45) is 0 Å². The highest BCUT2D eigenvalue weighted by Gasteiger charge is 2.10. The summed E-state index contributed by atoms with van der Waals surface area (Å²) in [7, 11) is 0. The molecule has 114 valence electrons. The van der Waals surface area contributed by atoms with E-state index in [4.69, 9.17) is 0 Å².